The molecular formula is C17H19FN2O4S2. The Labute approximate surface area is 152 Å². The summed E-state index contributed by atoms with van der Waals surface area (Å²) in [5, 5.41) is 0. The first-order valence-electron chi connectivity index (χ1n) is 8.00. The van der Waals surface area contributed by atoms with Gasteiger partial charge in [0, 0.05) is 6.54 Å². The maximum Gasteiger partial charge on any atom is 0.261 e. The summed E-state index contributed by atoms with van der Waals surface area (Å²) in [5.74, 6) is -0.405. The first kappa shape index (κ1) is 18.7. The Balaban J connectivity index is 1.95. The molecule has 0 aliphatic carbocycles. The first-order chi connectivity index (χ1) is 12.1. The third-order valence-corrected chi connectivity index (χ3v) is 7.50. The summed E-state index contributed by atoms with van der Waals surface area (Å²) < 4.78 is 66.5. The second kappa shape index (κ2) is 6.55. The van der Waals surface area contributed by atoms with Gasteiger partial charge in [-0.2, -0.15) is 0 Å². The standard InChI is InChI=1S/C17H19FN2O4S2/c1-12-4-5-14(11-17(12)20-8-3-9-25(20,21)22)19-26(23,24)15-6-7-16(18)13(2)10-15/h4-7,10-11,19H,3,8-9H2,1-2H3. The Kier molecular flexibility index (Phi) is 4.70. The lowest BCUT2D eigenvalue weighted by molar-refractivity contribution is 0.597. The van der Waals surface area contributed by atoms with Crippen molar-refractivity contribution in [2.75, 3.05) is 21.3 Å². The molecule has 26 heavy (non-hydrogen) atoms. The molecule has 140 valence electrons. The van der Waals surface area contributed by atoms with Crippen LogP contribution in [-0.4, -0.2) is 29.1 Å². The maximum atomic E-state index is 13.4. The van der Waals surface area contributed by atoms with Crippen LogP contribution in [0.4, 0.5) is 15.8 Å². The Morgan fingerprint density at radius 2 is 1.81 bits per heavy atom. The van der Waals surface area contributed by atoms with Crippen molar-refractivity contribution in [3.05, 3.63) is 53.3 Å². The van der Waals surface area contributed by atoms with Crippen molar-refractivity contribution in [2.45, 2.75) is 25.2 Å². The third-order valence-electron chi connectivity index (χ3n) is 4.27. The number of benzene rings is 2. The summed E-state index contributed by atoms with van der Waals surface area (Å²) in [5.41, 5.74) is 1.66. The number of rotatable bonds is 4. The average Bonchev–Trinajstić information content (AvgIpc) is 2.90. The minimum Gasteiger partial charge on any atom is -0.280 e. The summed E-state index contributed by atoms with van der Waals surface area (Å²) in [4.78, 5) is -0.0627. The van der Waals surface area contributed by atoms with E-state index in [1.807, 2.05) is 0 Å². The summed E-state index contributed by atoms with van der Waals surface area (Å²) in [6.45, 7) is 3.62. The highest BCUT2D eigenvalue weighted by molar-refractivity contribution is 7.93. The quantitative estimate of drug-likeness (QED) is 0.858. The van der Waals surface area contributed by atoms with Crippen molar-refractivity contribution in [3.8, 4) is 0 Å². The number of sulfonamides is 2. The van der Waals surface area contributed by atoms with Gasteiger partial charge in [-0.15, -0.1) is 0 Å². The van der Waals surface area contributed by atoms with Gasteiger partial charge < -0.3 is 0 Å². The van der Waals surface area contributed by atoms with Crippen molar-refractivity contribution < 1.29 is 21.2 Å². The fourth-order valence-electron chi connectivity index (χ4n) is 2.85. The summed E-state index contributed by atoms with van der Waals surface area (Å²) >= 11 is 0. The van der Waals surface area contributed by atoms with E-state index in [-0.39, 0.29) is 21.9 Å². The van der Waals surface area contributed by atoms with E-state index in [4.69, 9.17) is 0 Å². The van der Waals surface area contributed by atoms with Crippen LogP contribution in [-0.2, 0) is 20.0 Å². The molecule has 0 amide bonds. The van der Waals surface area contributed by atoms with Crippen molar-refractivity contribution in [1.82, 2.24) is 0 Å². The molecular weight excluding hydrogens is 379 g/mol. The molecule has 0 radical (unpaired) electrons. The molecule has 0 atom stereocenters. The molecule has 1 N–H and O–H groups in total. The van der Waals surface area contributed by atoms with Crippen molar-refractivity contribution in [1.29, 1.82) is 0 Å². The van der Waals surface area contributed by atoms with Crippen LogP contribution in [0.5, 0.6) is 0 Å². The van der Waals surface area contributed by atoms with E-state index >= 15 is 0 Å². The van der Waals surface area contributed by atoms with Gasteiger partial charge in [-0.3, -0.25) is 9.03 Å². The predicted molar refractivity (Wildman–Crippen MR) is 98.9 cm³/mol. The number of hydrogen-bond acceptors (Lipinski definition) is 4. The van der Waals surface area contributed by atoms with Crippen LogP contribution < -0.4 is 9.03 Å². The number of aryl methyl sites for hydroxylation is 2. The number of halogens is 1. The summed E-state index contributed by atoms with van der Waals surface area (Å²) in [7, 11) is -7.29. The smallest absolute Gasteiger partial charge is 0.261 e. The third kappa shape index (κ3) is 3.54. The number of hydrogen-bond donors (Lipinski definition) is 1. The largest absolute Gasteiger partial charge is 0.280 e. The van der Waals surface area contributed by atoms with Crippen LogP contribution in [0, 0.1) is 19.7 Å². The molecule has 1 aliphatic heterocycles. The average molecular weight is 398 g/mol. The maximum absolute atomic E-state index is 13.4. The zero-order chi connectivity index (χ0) is 19.1. The molecule has 1 heterocycles. The zero-order valence-electron chi connectivity index (χ0n) is 14.4. The molecule has 0 aromatic heterocycles. The van der Waals surface area contributed by atoms with E-state index in [1.165, 1.54) is 29.4 Å². The molecule has 3 rings (SSSR count). The van der Waals surface area contributed by atoms with Gasteiger partial charge in [-0.1, -0.05) is 6.07 Å². The fraction of sp³-hybridized carbons (Fsp3) is 0.294. The van der Waals surface area contributed by atoms with Crippen LogP contribution in [0.25, 0.3) is 0 Å². The Morgan fingerprint density at radius 3 is 2.42 bits per heavy atom. The van der Waals surface area contributed by atoms with Gasteiger partial charge in [0.1, 0.15) is 5.82 Å². The topological polar surface area (TPSA) is 83.6 Å². The highest BCUT2D eigenvalue weighted by Crippen LogP contribution is 2.31. The fourth-order valence-corrected chi connectivity index (χ4v) is 5.60. The van der Waals surface area contributed by atoms with Crippen LogP contribution in [0.1, 0.15) is 17.5 Å². The van der Waals surface area contributed by atoms with Crippen LogP contribution in [0.2, 0.25) is 0 Å². The highest BCUT2D eigenvalue weighted by Gasteiger charge is 2.29. The molecule has 1 fully saturated rings. The van der Waals surface area contributed by atoms with E-state index in [2.05, 4.69) is 4.72 Å². The Hall–Kier alpha value is -2.13. The minimum atomic E-state index is -3.92. The molecule has 2 aromatic rings. The Morgan fingerprint density at radius 1 is 1.08 bits per heavy atom. The highest BCUT2D eigenvalue weighted by atomic mass is 32.2. The molecule has 2 aromatic carbocycles. The molecule has 0 spiro atoms. The van der Waals surface area contributed by atoms with Crippen LogP contribution in [0.3, 0.4) is 0 Å². The van der Waals surface area contributed by atoms with E-state index in [0.717, 1.165) is 11.6 Å². The van der Waals surface area contributed by atoms with Crippen LogP contribution in [0.15, 0.2) is 41.3 Å². The predicted octanol–water partition coefficient (Wildman–Crippen LogP) is 2.78. The molecule has 0 unspecified atom stereocenters. The molecule has 6 nitrogen and oxygen atoms in total. The lowest BCUT2D eigenvalue weighted by atomic mass is 10.2. The number of nitrogens with one attached hydrogen (secondary N) is 1. The van der Waals surface area contributed by atoms with Gasteiger partial charge in [-0.25, -0.2) is 21.2 Å². The van der Waals surface area contributed by atoms with Gasteiger partial charge in [0.25, 0.3) is 10.0 Å². The normalized spacial score (nSPS) is 16.7. The van der Waals surface area contributed by atoms with Crippen molar-refractivity contribution in [2.24, 2.45) is 0 Å². The molecule has 1 aliphatic rings. The second-order valence-corrected chi connectivity index (χ2v) is 9.95. The van der Waals surface area contributed by atoms with Gasteiger partial charge in [0.2, 0.25) is 10.0 Å². The minimum absolute atomic E-state index is 0.0627. The zero-order valence-corrected chi connectivity index (χ0v) is 16.0. The summed E-state index contributed by atoms with van der Waals surface area (Å²) in [6.07, 6.45) is 0.534. The van der Waals surface area contributed by atoms with E-state index in [9.17, 15) is 21.2 Å². The molecule has 0 saturated carbocycles. The molecule has 1 saturated heterocycles. The van der Waals surface area contributed by atoms with Crippen molar-refractivity contribution >= 4 is 31.4 Å². The second-order valence-electron chi connectivity index (χ2n) is 6.26. The molecule has 0 bridgehead atoms. The number of anilines is 2. The van der Waals surface area contributed by atoms with Gasteiger partial charge in [-0.05, 0) is 61.7 Å². The summed E-state index contributed by atoms with van der Waals surface area (Å²) in [6, 6.07) is 8.27. The van der Waals surface area contributed by atoms with E-state index in [1.54, 1.807) is 19.1 Å². The lowest BCUT2D eigenvalue weighted by Gasteiger charge is -2.20. The van der Waals surface area contributed by atoms with Gasteiger partial charge in [0.05, 0.1) is 22.0 Å². The SMILES string of the molecule is Cc1cc(S(=O)(=O)Nc2ccc(C)c(N3CCCS3(=O)=O)c2)ccc1F. The number of nitrogens with zero attached hydrogens (tertiary/aromatic N) is 1. The van der Waals surface area contributed by atoms with E-state index in [0.29, 0.717) is 18.7 Å². The Bertz CT molecular complexity index is 1070. The molecule has 9 heteroatoms. The monoisotopic (exact) mass is 398 g/mol. The van der Waals surface area contributed by atoms with Gasteiger partial charge >= 0.3 is 0 Å². The van der Waals surface area contributed by atoms with E-state index < -0.39 is 25.9 Å². The first-order valence-corrected chi connectivity index (χ1v) is 11.1. The van der Waals surface area contributed by atoms with Crippen molar-refractivity contribution in [3.63, 3.8) is 0 Å². The van der Waals surface area contributed by atoms with Gasteiger partial charge in [0.15, 0.2) is 0 Å². The lowest BCUT2D eigenvalue weighted by Crippen LogP contribution is -2.26. The van der Waals surface area contributed by atoms with Crippen LogP contribution >= 0.6 is 0 Å².